The molecule has 2 N–H and O–H groups in total. The highest BCUT2D eigenvalue weighted by atomic mass is 35.5. The van der Waals surface area contributed by atoms with Crippen LogP contribution in [0.15, 0.2) is 60.7 Å². The van der Waals surface area contributed by atoms with Crippen LogP contribution in [0.2, 0.25) is 5.02 Å². The van der Waals surface area contributed by atoms with Crippen molar-refractivity contribution < 1.29 is 29.3 Å². The van der Waals surface area contributed by atoms with Crippen molar-refractivity contribution in [3.8, 4) is 11.1 Å². The molecule has 1 heterocycles. The van der Waals surface area contributed by atoms with Gasteiger partial charge in [0.2, 0.25) is 0 Å². The summed E-state index contributed by atoms with van der Waals surface area (Å²) in [5.41, 5.74) is 3.03. The number of esters is 1. The monoisotopic (exact) mass is 474 g/mol. The first-order valence-corrected chi connectivity index (χ1v) is 10.7. The Morgan fingerprint density at radius 2 is 1.52 bits per heavy atom. The summed E-state index contributed by atoms with van der Waals surface area (Å²) < 4.78 is 5.41. The first-order chi connectivity index (χ1) is 15.7. The number of piperazine rings is 1. The molecule has 0 amide bonds. The Hall–Kier alpha value is -3.20. The molecule has 33 heavy (non-hydrogen) atoms. The summed E-state index contributed by atoms with van der Waals surface area (Å²) in [4.78, 5) is 35.5. The van der Waals surface area contributed by atoms with Crippen LogP contribution in [-0.2, 0) is 25.7 Å². The number of carboxylic acids is 2. The van der Waals surface area contributed by atoms with Crippen molar-refractivity contribution in [1.29, 1.82) is 0 Å². The molecule has 1 aliphatic heterocycles. The summed E-state index contributed by atoms with van der Waals surface area (Å²) in [5.74, 6) is -2.68. The SMILES string of the molecule is CN1CCN(CC(=O)OCc2ccc(-c3ccccc3Cl)cc2)CC1.O=C(O)C=CC(=O)O. The number of rotatable bonds is 7. The molecule has 0 radical (unpaired) electrons. The van der Waals surface area contributed by atoms with E-state index in [1.165, 1.54) is 0 Å². The van der Waals surface area contributed by atoms with Gasteiger partial charge in [-0.25, -0.2) is 9.59 Å². The summed E-state index contributed by atoms with van der Waals surface area (Å²) in [6.07, 6.45) is 1.12. The number of halogens is 1. The van der Waals surface area contributed by atoms with E-state index in [0.717, 1.165) is 47.9 Å². The average Bonchev–Trinajstić information content (AvgIpc) is 2.79. The molecule has 0 atom stereocenters. The number of carboxylic acid groups (broad SMARTS) is 2. The Kier molecular flexibility index (Phi) is 10.6. The van der Waals surface area contributed by atoms with Crippen molar-refractivity contribution in [2.75, 3.05) is 39.8 Å². The first-order valence-electron chi connectivity index (χ1n) is 10.3. The van der Waals surface area contributed by atoms with Crippen LogP contribution < -0.4 is 0 Å². The fourth-order valence-electron chi connectivity index (χ4n) is 3.02. The zero-order chi connectivity index (χ0) is 24.2. The lowest BCUT2D eigenvalue weighted by Gasteiger charge is -2.31. The van der Waals surface area contributed by atoms with Crippen LogP contribution in [-0.4, -0.2) is 77.7 Å². The molecule has 1 aliphatic rings. The van der Waals surface area contributed by atoms with Gasteiger partial charge in [0.25, 0.3) is 0 Å². The van der Waals surface area contributed by atoms with E-state index >= 15 is 0 Å². The van der Waals surface area contributed by atoms with Crippen molar-refractivity contribution in [1.82, 2.24) is 9.80 Å². The quantitative estimate of drug-likeness (QED) is 0.466. The Labute approximate surface area is 197 Å². The summed E-state index contributed by atoms with van der Waals surface area (Å²) in [6, 6.07) is 15.7. The zero-order valence-electron chi connectivity index (χ0n) is 18.3. The Morgan fingerprint density at radius 3 is 2.06 bits per heavy atom. The highest BCUT2D eigenvalue weighted by Crippen LogP contribution is 2.27. The second-order valence-electron chi connectivity index (χ2n) is 7.43. The standard InChI is InChI=1S/C20H23ClN2O2.C4H4O4/c1-22-10-12-23(13-11-22)14-20(24)25-15-16-6-8-17(9-7-16)18-4-2-3-5-19(18)21;5-3(6)1-2-4(7)8/h2-9H,10-15H2,1H3;1-2H,(H,5,6)(H,7,8). The van der Waals surface area contributed by atoms with E-state index in [0.29, 0.717) is 25.3 Å². The van der Waals surface area contributed by atoms with Crippen LogP contribution in [0.4, 0.5) is 0 Å². The minimum absolute atomic E-state index is 0.167. The lowest BCUT2D eigenvalue weighted by Crippen LogP contribution is -2.46. The average molecular weight is 475 g/mol. The van der Waals surface area contributed by atoms with Crippen LogP contribution in [0, 0.1) is 0 Å². The summed E-state index contributed by atoms with van der Waals surface area (Å²) in [5, 5.41) is 16.4. The molecule has 176 valence electrons. The van der Waals surface area contributed by atoms with Gasteiger partial charge in [0.15, 0.2) is 0 Å². The summed E-state index contributed by atoms with van der Waals surface area (Å²) >= 11 is 6.23. The topological polar surface area (TPSA) is 107 Å². The minimum atomic E-state index is -1.26. The normalized spacial score (nSPS) is 14.4. The second kappa shape index (κ2) is 13.4. The highest BCUT2D eigenvalue weighted by molar-refractivity contribution is 6.33. The van der Waals surface area contributed by atoms with E-state index in [4.69, 9.17) is 26.6 Å². The smallest absolute Gasteiger partial charge is 0.328 e. The number of nitrogens with zero attached hydrogens (tertiary/aromatic N) is 2. The molecule has 0 bridgehead atoms. The lowest BCUT2D eigenvalue weighted by molar-refractivity contribution is -0.146. The maximum atomic E-state index is 12.0. The fourth-order valence-corrected chi connectivity index (χ4v) is 3.26. The van der Waals surface area contributed by atoms with Crippen molar-refractivity contribution in [2.45, 2.75) is 6.61 Å². The third-order valence-electron chi connectivity index (χ3n) is 4.86. The highest BCUT2D eigenvalue weighted by Gasteiger charge is 2.17. The van der Waals surface area contributed by atoms with Crippen molar-refractivity contribution in [3.63, 3.8) is 0 Å². The predicted molar refractivity (Wildman–Crippen MR) is 125 cm³/mol. The summed E-state index contributed by atoms with van der Waals surface area (Å²) in [7, 11) is 2.10. The molecule has 3 rings (SSSR count). The molecule has 1 fully saturated rings. The maximum absolute atomic E-state index is 12.0. The Morgan fingerprint density at radius 1 is 0.939 bits per heavy atom. The fraction of sp³-hybridized carbons (Fsp3) is 0.292. The Balaban J connectivity index is 0.000000414. The van der Waals surface area contributed by atoms with Gasteiger partial charge in [-0.2, -0.15) is 0 Å². The van der Waals surface area contributed by atoms with Gasteiger partial charge in [0, 0.05) is 48.9 Å². The van der Waals surface area contributed by atoms with Crippen molar-refractivity contribution in [3.05, 3.63) is 71.3 Å². The number of aliphatic carboxylic acids is 2. The van der Waals surface area contributed by atoms with Crippen LogP contribution in [0.1, 0.15) is 5.56 Å². The summed E-state index contributed by atoms with van der Waals surface area (Å²) in [6.45, 7) is 4.49. The minimum Gasteiger partial charge on any atom is -0.478 e. The van der Waals surface area contributed by atoms with Crippen LogP contribution in [0.3, 0.4) is 0 Å². The van der Waals surface area contributed by atoms with Crippen molar-refractivity contribution >= 4 is 29.5 Å². The predicted octanol–water partition coefficient (Wildman–Crippen LogP) is 3.01. The van der Waals surface area contributed by atoms with E-state index in [2.05, 4.69) is 16.8 Å². The zero-order valence-corrected chi connectivity index (χ0v) is 19.1. The number of carbonyl (C=O) groups excluding carboxylic acids is 1. The third kappa shape index (κ3) is 9.86. The molecule has 0 aliphatic carbocycles. The van der Waals surface area contributed by atoms with Crippen LogP contribution in [0.25, 0.3) is 11.1 Å². The first kappa shape index (κ1) is 26.1. The van der Waals surface area contributed by atoms with E-state index in [-0.39, 0.29) is 5.97 Å². The molecular formula is C24H27ClN2O6. The number of benzene rings is 2. The number of likely N-dealkylation sites (N-methyl/N-ethyl adjacent to an activating group) is 1. The molecule has 1 saturated heterocycles. The van der Waals surface area contributed by atoms with Crippen LogP contribution >= 0.6 is 11.6 Å². The number of hydrogen-bond acceptors (Lipinski definition) is 6. The van der Waals surface area contributed by atoms with E-state index in [9.17, 15) is 14.4 Å². The van der Waals surface area contributed by atoms with Gasteiger partial charge in [-0.05, 0) is 24.2 Å². The molecule has 0 spiro atoms. The maximum Gasteiger partial charge on any atom is 0.328 e. The Bertz CT molecular complexity index is 953. The molecule has 9 heteroatoms. The van der Waals surface area contributed by atoms with E-state index < -0.39 is 11.9 Å². The molecule has 0 saturated carbocycles. The number of ether oxygens (including phenoxy) is 1. The van der Waals surface area contributed by atoms with Gasteiger partial charge in [-0.3, -0.25) is 9.69 Å². The molecule has 2 aromatic carbocycles. The van der Waals surface area contributed by atoms with Gasteiger partial charge in [0.05, 0.1) is 6.54 Å². The van der Waals surface area contributed by atoms with Gasteiger partial charge < -0.3 is 19.8 Å². The largest absolute Gasteiger partial charge is 0.478 e. The third-order valence-corrected chi connectivity index (χ3v) is 5.19. The molecule has 2 aromatic rings. The lowest BCUT2D eigenvalue weighted by atomic mass is 10.0. The van der Waals surface area contributed by atoms with Crippen molar-refractivity contribution in [2.24, 2.45) is 0 Å². The molecular weight excluding hydrogens is 448 g/mol. The van der Waals surface area contributed by atoms with Gasteiger partial charge in [-0.1, -0.05) is 54.1 Å². The van der Waals surface area contributed by atoms with Gasteiger partial charge in [0.1, 0.15) is 6.61 Å². The van der Waals surface area contributed by atoms with Gasteiger partial charge in [-0.15, -0.1) is 0 Å². The molecule has 0 unspecified atom stereocenters. The number of carbonyl (C=O) groups is 3. The molecule has 8 nitrogen and oxygen atoms in total. The van der Waals surface area contributed by atoms with Gasteiger partial charge >= 0.3 is 17.9 Å². The van der Waals surface area contributed by atoms with Crippen LogP contribution in [0.5, 0.6) is 0 Å². The molecule has 0 aromatic heterocycles. The number of hydrogen-bond donors (Lipinski definition) is 2. The second-order valence-corrected chi connectivity index (χ2v) is 7.83. The van der Waals surface area contributed by atoms with E-state index in [1.807, 2.05) is 48.5 Å². The van der Waals surface area contributed by atoms with E-state index in [1.54, 1.807) is 0 Å².